The average Bonchev–Trinajstić information content (AvgIpc) is 2.92. The lowest BCUT2D eigenvalue weighted by molar-refractivity contribution is 0.129. The van der Waals surface area contributed by atoms with Crippen molar-refractivity contribution in [1.82, 2.24) is 0 Å². The third-order valence-electron chi connectivity index (χ3n) is 8.93. The van der Waals surface area contributed by atoms with Gasteiger partial charge in [0.2, 0.25) is 0 Å². The minimum atomic E-state index is -6.71. The quantitative estimate of drug-likeness (QED) is 0.0302. The highest BCUT2D eigenvalue weighted by atomic mass is 31.2. The van der Waals surface area contributed by atoms with Crippen molar-refractivity contribution < 1.29 is 144 Å². The van der Waals surface area contributed by atoms with E-state index in [-0.39, 0.29) is 19.3 Å². The fraction of sp³-hybridized carbons (Fsp3) is 1.00. The molecule has 0 spiro atoms. The molecule has 5 unspecified atom stereocenters. The molecule has 0 saturated heterocycles. The summed E-state index contributed by atoms with van der Waals surface area (Å²) in [5.74, 6) is 0. The van der Waals surface area contributed by atoms with E-state index in [1.165, 1.54) is 0 Å². The van der Waals surface area contributed by atoms with Crippen molar-refractivity contribution in [3.8, 4) is 0 Å². The predicted octanol–water partition coefficient (Wildman–Crippen LogP) is -4.61. The van der Waals surface area contributed by atoms with Crippen LogP contribution in [0.1, 0.15) is 32.6 Å². The van der Waals surface area contributed by atoms with Crippen LogP contribution in [0.25, 0.3) is 0 Å². The van der Waals surface area contributed by atoms with Crippen LogP contribution in [0.2, 0.25) is 0 Å². The van der Waals surface area contributed by atoms with Gasteiger partial charge in [-0.05, 0) is 25.7 Å². The molecule has 0 aliphatic rings. The molecule has 0 aromatic carbocycles. The lowest BCUT2D eigenvalue weighted by Gasteiger charge is -2.54. The summed E-state index contributed by atoms with van der Waals surface area (Å²) in [6.45, 7) is 1.59. The average molecular weight is 1120 g/mol. The summed E-state index contributed by atoms with van der Waals surface area (Å²) in [6, 6.07) is 0. The largest absolute Gasteiger partial charge is 0.332 e. The minimum absolute atomic E-state index is 0.0454. The summed E-state index contributed by atoms with van der Waals surface area (Å²) in [5.41, 5.74) is -3.33. The molecule has 0 rings (SSSR count). The second kappa shape index (κ2) is 22.0. The van der Waals surface area contributed by atoms with E-state index in [1.54, 1.807) is 6.92 Å². The van der Waals surface area contributed by atoms with E-state index in [4.69, 9.17) is 42.5 Å². The summed E-state index contributed by atoms with van der Waals surface area (Å²) in [6.07, 6.45) is -12.5. The number of rotatable bonds is 25. The molecule has 0 heterocycles. The van der Waals surface area contributed by atoms with Crippen molar-refractivity contribution in [2.45, 2.75) is 72.2 Å². The van der Waals surface area contributed by atoms with Gasteiger partial charge in [0.15, 0.2) is 0 Å². The van der Waals surface area contributed by atoms with Gasteiger partial charge in [-0.15, -0.1) is 0 Å². The van der Waals surface area contributed by atoms with Crippen molar-refractivity contribution in [2.75, 3.05) is 30.8 Å². The molecule has 376 valence electrons. The highest BCUT2D eigenvalue weighted by Gasteiger charge is 2.70. The van der Waals surface area contributed by atoms with Gasteiger partial charge in [0.25, 0.3) is 0 Å². The summed E-state index contributed by atoms with van der Waals surface area (Å²) in [4.78, 5) is 193. The van der Waals surface area contributed by atoms with E-state index >= 15 is 0 Å². The highest BCUT2D eigenvalue weighted by molar-refractivity contribution is 7.59. The Morgan fingerprint density at radius 3 is 0.806 bits per heavy atom. The van der Waals surface area contributed by atoms with Gasteiger partial charge in [-0.25, -0.2) is 0 Å². The molecule has 0 saturated carbocycles. The van der Waals surface area contributed by atoms with Gasteiger partial charge in [0.1, 0.15) is 5.66 Å². The first kappa shape index (κ1) is 65.4. The molecule has 0 amide bonds. The van der Waals surface area contributed by atoms with Crippen LogP contribution in [0.4, 0.5) is 0 Å². The van der Waals surface area contributed by atoms with Gasteiger partial charge in [-0.3, -0.25) is 45.7 Å². The number of hydrogen-bond donors (Lipinski definition) is 24. The number of nitrogens with two attached hydrogens (primary N) is 4. The molecule has 0 aromatic rings. The van der Waals surface area contributed by atoms with Crippen molar-refractivity contribution in [3.05, 3.63) is 0 Å². The molecule has 0 aliphatic heterocycles. The molecule has 28 N–H and O–H groups in total. The molecule has 5 atom stereocenters. The molecular formula is C18H54N4O30P10. The van der Waals surface area contributed by atoms with Gasteiger partial charge >= 0.3 is 76.0 Å². The lowest BCUT2D eigenvalue weighted by atomic mass is 9.71. The summed E-state index contributed by atoms with van der Waals surface area (Å²) in [7, 11) is -59.1. The molecule has 44 heteroatoms. The van der Waals surface area contributed by atoms with Gasteiger partial charge in [-0.1, -0.05) is 6.92 Å². The predicted molar refractivity (Wildman–Crippen MR) is 213 cm³/mol. The van der Waals surface area contributed by atoms with Crippen molar-refractivity contribution in [2.24, 2.45) is 28.3 Å². The molecule has 0 radical (unpaired) electrons. The molecule has 34 nitrogen and oxygen atoms in total. The Hall–Kier alpha value is 1.34. The zero-order chi connectivity index (χ0) is 50.8. The maximum absolute atomic E-state index is 12.8. The van der Waals surface area contributed by atoms with Crippen LogP contribution in [-0.4, -0.2) is 168 Å². The molecule has 0 bridgehead atoms. The third kappa shape index (κ3) is 23.6. The molecule has 0 aliphatic carbocycles. The maximum atomic E-state index is 12.8. The Balaban J connectivity index is 0. The van der Waals surface area contributed by atoms with E-state index in [0.717, 1.165) is 0 Å². The standard InChI is InChI=1S/C11H34N2O24P8.C7H20N2O6P2/c12-11(13,9(45(35,36)37)4-41(23,24)25)5-10(6(42(26,27)28)1-38(14,15)16,7(43(29,30)31)2-39(17,18)19)8(44(32,33)34)3-40(20,21)22;1-2-7(8,9)6(17(13,14)15)4-3-5-16(10,11)12/h6-9H,1-5,12-13H2,(H2,14,15,16)(H2,17,18,19)(H2,20,21,22)(H2,23,24,25)(H2,26,27,28)(H2,29,30,31)(H2,32,33,34)(H2,35,36,37);6H,2-5,8-9H2,1H3,(H2,10,11,12)(H2,13,14,15). The topological polar surface area (TPSA) is 679 Å². The van der Waals surface area contributed by atoms with Crippen LogP contribution >= 0.6 is 76.0 Å². The van der Waals surface area contributed by atoms with E-state index < -0.39 is 158 Å². The van der Waals surface area contributed by atoms with E-state index in [9.17, 15) is 124 Å². The second-order valence-electron chi connectivity index (χ2n) is 14.3. The van der Waals surface area contributed by atoms with Crippen LogP contribution < -0.4 is 22.9 Å². The second-order valence-corrected chi connectivity index (χ2v) is 31.9. The van der Waals surface area contributed by atoms with E-state index in [1.807, 2.05) is 0 Å². The lowest BCUT2D eigenvalue weighted by Crippen LogP contribution is -2.68. The maximum Gasteiger partial charge on any atom is 0.332 e. The summed E-state index contributed by atoms with van der Waals surface area (Å²) < 4.78 is 121. The van der Waals surface area contributed by atoms with Crippen LogP contribution in [0.15, 0.2) is 0 Å². The van der Waals surface area contributed by atoms with Gasteiger partial charge in [0, 0.05) is 11.6 Å². The Morgan fingerprint density at radius 1 is 0.371 bits per heavy atom. The monoisotopic (exact) mass is 1120 g/mol. The van der Waals surface area contributed by atoms with Crippen molar-refractivity contribution in [1.29, 1.82) is 0 Å². The van der Waals surface area contributed by atoms with Crippen molar-refractivity contribution in [3.63, 3.8) is 0 Å². The summed E-state index contributed by atoms with van der Waals surface area (Å²) >= 11 is 0. The zero-order valence-corrected chi connectivity index (χ0v) is 40.5. The Bertz CT molecular complexity index is 1880. The van der Waals surface area contributed by atoms with Gasteiger partial charge in [0.05, 0.1) is 58.6 Å². The molecule has 62 heavy (non-hydrogen) atoms. The Morgan fingerprint density at radius 2 is 0.613 bits per heavy atom. The highest BCUT2D eigenvalue weighted by Crippen LogP contribution is 2.73. The molecular weight excluding hydrogens is 1060 g/mol. The SMILES string of the molecule is CCC(N)(N)C(CCCP(=O)(O)O)P(=O)(O)O.NC(N)(CC(C(CP(=O)(O)O)P(=O)(O)O)(C(CP(=O)(O)O)P(=O)(O)O)C(CP(=O)(O)O)P(=O)(O)O)C(CP(=O)(O)O)P(=O)(O)O. The third-order valence-corrected chi connectivity index (χ3v) is 21.8. The van der Waals surface area contributed by atoms with E-state index in [0.29, 0.717) is 0 Å². The van der Waals surface area contributed by atoms with Crippen LogP contribution in [0.5, 0.6) is 0 Å². The van der Waals surface area contributed by atoms with Crippen LogP contribution in [-0.2, 0) is 45.7 Å². The van der Waals surface area contributed by atoms with Crippen LogP contribution in [0.3, 0.4) is 0 Å². The molecule has 0 aromatic heterocycles. The normalized spacial score (nSPS) is 18.5. The summed E-state index contributed by atoms with van der Waals surface area (Å²) in [5, 5.41) is 0. The fourth-order valence-electron chi connectivity index (χ4n) is 6.40. The Labute approximate surface area is 350 Å². The fourth-order valence-corrected chi connectivity index (χ4v) is 21.7. The smallest absolute Gasteiger partial charge is 0.324 e. The Kier molecular flexibility index (Phi) is 23.2. The van der Waals surface area contributed by atoms with Crippen molar-refractivity contribution >= 4 is 76.0 Å². The van der Waals surface area contributed by atoms with Gasteiger partial charge in [-0.2, -0.15) is 0 Å². The number of hydrogen-bond acceptors (Lipinski definition) is 14. The first-order valence-corrected chi connectivity index (χ1v) is 33.5. The van der Waals surface area contributed by atoms with E-state index in [2.05, 4.69) is 0 Å². The first-order chi connectivity index (χ1) is 26.5. The molecule has 0 fully saturated rings. The van der Waals surface area contributed by atoms with Gasteiger partial charge < -0.3 is 121 Å². The van der Waals surface area contributed by atoms with Crippen LogP contribution in [0, 0.1) is 5.41 Å². The first-order valence-electron chi connectivity index (χ1n) is 16.1. The minimum Gasteiger partial charge on any atom is -0.324 e. The zero-order valence-electron chi connectivity index (χ0n) is 31.6.